The maximum atomic E-state index is 10.2. The molecule has 7 heteroatoms. The summed E-state index contributed by atoms with van der Waals surface area (Å²) in [5.41, 5.74) is 1.90. The van der Waals surface area contributed by atoms with Crippen LogP contribution in [0.1, 0.15) is 12.6 Å². The number of ether oxygens (including phenoxy) is 3. The first kappa shape index (κ1) is 20.0. The van der Waals surface area contributed by atoms with Gasteiger partial charge in [-0.3, -0.25) is 5.10 Å². The fourth-order valence-electron chi connectivity index (χ4n) is 2.97. The average Bonchev–Trinajstić information content (AvgIpc) is 3.16. The van der Waals surface area contributed by atoms with Crippen LogP contribution in [0.25, 0.3) is 10.9 Å². The quantitative estimate of drug-likeness (QED) is 0.440. The number of H-pyrrole nitrogens is 1. The third kappa shape index (κ3) is 4.94. The molecular formula is C21H27N3O4. The molecule has 28 heavy (non-hydrogen) atoms. The Morgan fingerprint density at radius 2 is 1.86 bits per heavy atom. The van der Waals surface area contributed by atoms with Crippen LogP contribution in [-0.4, -0.2) is 54.8 Å². The number of aromatic amines is 1. The van der Waals surface area contributed by atoms with E-state index in [0.29, 0.717) is 31.2 Å². The number of aromatic nitrogens is 2. The standard InChI is InChI=1S/C21H27N3O4/c1-3-16-21-17(24-23-16)7-6-10-20(21)28-14-15(25)13-22-11-12-27-19-9-5-4-8-18(19)26-2/h4-10,15,22,25H,3,11-14H2,1-2H3,(H,23,24)/t15-/m0/s1. The molecule has 3 aromatic rings. The van der Waals surface area contributed by atoms with Crippen molar-refractivity contribution < 1.29 is 19.3 Å². The van der Waals surface area contributed by atoms with Crippen LogP contribution in [0.3, 0.4) is 0 Å². The lowest BCUT2D eigenvalue weighted by atomic mass is 10.1. The van der Waals surface area contributed by atoms with Crippen molar-refractivity contribution in [1.82, 2.24) is 15.5 Å². The number of hydrogen-bond acceptors (Lipinski definition) is 6. The summed E-state index contributed by atoms with van der Waals surface area (Å²) in [6, 6.07) is 13.3. The van der Waals surface area contributed by atoms with Crippen molar-refractivity contribution in [2.45, 2.75) is 19.4 Å². The van der Waals surface area contributed by atoms with Crippen molar-refractivity contribution >= 4 is 10.9 Å². The highest BCUT2D eigenvalue weighted by atomic mass is 16.5. The number of para-hydroxylation sites is 2. The Balaban J connectivity index is 1.41. The van der Waals surface area contributed by atoms with E-state index in [1.54, 1.807) is 7.11 Å². The molecule has 0 radical (unpaired) electrons. The van der Waals surface area contributed by atoms with E-state index < -0.39 is 6.10 Å². The van der Waals surface area contributed by atoms with Crippen molar-refractivity contribution in [3.05, 3.63) is 48.2 Å². The Morgan fingerprint density at radius 3 is 2.64 bits per heavy atom. The summed E-state index contributed by atoms with van der Waals surface area (Å²) in [6.45, 7) is 3.75. The summed E-state index contributed by atoms with van der Waals surface area (Å²) in [4.78, 5) is 0. The van der Waals surface area contributed by atoms with Crippen molar-refractivity contribution in [2.24, 2.45) is 0 Å². The Kier molecular flexibility index (Phi) is 7.11. The second kappa shape index (κ2) is 9.96. The fourth-order valence-corrected chi connectivity index (χ4v) is 2.97. The lowest BCUT2D eigenvalue weighted by Crippen LogP contribution is -2.33. The molecule has 0 spiro atoms. The Labute approximate surface area is 164 Å². The van der Waals surface area contributed by atoms with Crippen molar-refractivity contribution in [2.75, 3.05) is 33.4 Å². The zero-order valence-electron chi connectivity index (χ0n) is 16.3. The van der Waals surface area contributed by atoms with Gasteiger partial charge in [-0.1, -0.05) is 25.1 Å². The first-order valence-electron chi connectivity index (χ1n) is 9.46. The number of nitrogens with one attached hydrogen (secondary N) is 2. The minimum Gasteiger partial charge on any atom is -0.493 e. The van der Waals surface area contributed by atoms with Crippen LogP contribution in [0.5, 0.6) is 17.2 Å². The molecule has 1 heterocycles. The number of benzene rings is 2. The van der Waals surface area contributed by atoms with E-state index in [1.165, 1.54) is 0 Å². The van der Waals surface area contributed by atoms with Gasteiger partial charge < -0.3 is 24.6 Å². The molecule has 0 fully saturated rings. The Morgan fingerprint density at radius 1 is 1.07 bits per heavy atom. The zero-order chi connectivity index (χ0) is 19.8. The predicted octanol–water partition coefficient (Wildman–Crippen LogP) is 2.54. The second-order valence-electron chi connectivity index (χ2n) is 6.37. The largest absolute Gasteiger partial charge is 0.493 e. The van der Waals surface area contributed by atoms with E-state index in [1.807, 2.05) is 42.5 Å². The summed E-state index contributed by atoms with van der Waals surface area (Å²) in [5, 5.41) is 21.7. The molecule has 0 bridgehead atoms. The smallest absolute Gasteiger partial charge is 0.161 e. The topological polar surface area (TPSA) is 88.6 Å². The number of rotatable bonds is 11. The van der Waals surface area contributed by atoms with Crippen molar-refractivity contribution in [3.63, 3.8) is 0 Å². The van der Waals surface area contributed by atoms with Gasteiger partial charge in [0.15, 0.2) is 11.5 Å². The summed E-state index contributed by atoms with van der Waals surface area (Å²) in [6.07, 6.45) is 0.190. The van der Waals surface area contributed by atoms with E-state index in [9.17, 15) is 5.11 Å². The molecule has 150 valence electrons. The highest BCUT2D eigenvalue weighted by Gasteiger charge is 2.12. The number of methoxy groups -OCH3 is 1. The number of aryl methyl sites for hydroxylation is 1. The lowest BCUT2D eigenvalue weighted by molar-refractivity contribution is 0.106. The third-order valence-electron chi connectivity index (χ3n) is 4.38. The molecule has 1 aromatic heterocycles. The fraction of sp³-hybridized carbons (Fsp3) is 0.381. The highest BCUT2D eigenvalue weighted by Crippen LogP contribution is 2.28. The van der Waals surface area contributed by atoms with Gasteiger partial charge in [-0.2, -0.15) is 5.10 Å². The first-order chi connectivity index (χ1) is 13.7. The van der Waals surface area contributed by atoms with Crippen LogP contribution in [0.15, 0.2) is 42.5 Å². The zero-order valence-corrected chi connectivity index (χ0v) is 16.3. The molecule has 3 rings (SSSR count). The maximum Gasteiger partial charge on any atom is 0.161 e. The molecule has 0 unspecified atom stereocenters. The first-order valence-corrected chi connectivity index (χ1v) is 9.46. The maximum absolute atomic E-state index is 10.2. The monoisotopic (exact) mass is 385 g/mol. The van der Waals surface area contributed by atoms with Gasteiger partial charge in [0, 0.05) is 13.1 Å². The van der Waals surface area contributed by atoms with Gasteiger partial charge in [-0.15, -0.1) is 0 Å². The van der Waals surface area contributed by atoms with Gasteiger partial charge >= 0.3 is 0 Å². The predicted molar refractivity (Wildman–Crippen MR) is 108 cm³/mol. The molecule has 0 saturated carbocycles. The van der Waals surface area contributed by atoms with Crippen LogP contribution in [-0.2, 0) is 6.42 Å². The minimum atomic E-state index is -0.626. The molecule has 0 saturated heterocycles. The van der Waals surface area contributed by atoms with E-state index >= 15 is 0 Å². The summed E-state index contributed by atoms with van der Waals surface area (Å²) < 4.78 is 16.8. The molecule has 2 aromatic carbocycles. The second-order valence-corrected chi connectivity index (χ2v) is 6.37. The number of aliphatic hydroxyl groups is 1. The molecule has 7 nitrogen and oxygen atoms in total. The van der Waals surface area contributed by atoms with Crippen LogP contribution < -0.4 is 19.5 Å². The van der Waals surface area contributed by atoms with Crippen molar-refractivity contribution in [3.8, 4) is 17.2 Å². The lowest BCUT2D eigenvalue weighted by Gasteiger charge is -2.15. The number of aliphatic hydroxyl groups excluding tert-OH is 1. The molecule has 0 aliphatic carbocycles. The van der Waals surface area contributed by atoms with Crippen molar-refractivity contribution in [1.29, 1.82) is 0 Å². The van der Waals surface area contributed by atoms with E-state index in [2.05, 4.69) is 22.4 Å². The van der Waals surface area contributed by atoms with E-state index in [0.717, 1.165) is 28.8 Å². The third-order valence-corrected chi connectivity index (χ3v) is 4.38. The van der Waals surface area contributed by atoms with Gasteiger partial charge in [0.1, 0.15) is 25.1 Å². The van der Waals surface area contributed by atoms with Crippen LogP contribution >= 0.6 is 0 Å². The highest BCUT2D eigenvalue weighted by molar-refractivity contribution is 5.87. The summed E-state index contributed by atoms with van der Waals surface area (Å²) in [7, 11) is 1.62. The normalized spacial score (nSPS) is 12.1. The molecule has 1 atom stereocenters. The molecule has 0 amide bonds. The van der Waals surface area contributed by atoms with Gasteiger partial charge in [-0.25, -0.2) is 0 Å². The van der Waals surface area contributed by atoms with E-state index in [-0.39, 0.29) is 6.61 Å². The number of fused-ring (bicyclic) bond motifs is 1. The number of hydrogen-bond donors (Lipinski definition) is 3. The SMILES string of the molecule is CCc1n[nH]c2cccc(OC[C@@H](O)CNCCOc3ccccc3OC)c12. The summed E-state index contributed by atoms with van der Waals surface area (Å²) >= 11 is 0. The number of nitrogens with zero attached hydrogens (tertiary/aromatic N) is 1. The van der Waals surface area contributed by atoms with Gasteiger partial charge in [0.25, 0.3) is 0 Å². The Hall–Kier alpha value is -2.77. The molecule has 3 N–H and O–H groups in total. The van der Waals surface area contributed by atoms with E-state index in [4.69, 9.17) is 14.2 Å². The molecule has 0 aliphatic heterocycles. The van der Waals surface area contributed by atoms with Gasteiger partial charge in [-0.05, 0) is 30.7 Å². The minimum absolute atomic E-state index is 0.202. The average molecular weight is 385 g/mol. The van der Waals surface area contributed by atoms with Gasteiger partial charge in [0.05, 0.1) is 23.7 Å². The molecule has 0 aliphatic rings. The van der Waals surface area contributed by atoms with Crippen LogP contribution in [0.4, 0.5) is 0 Å². The van der Waals surface area contributed by atoms with Gasteiger partial charge in [0.2, 0.25) is 0 Å². The molecular weight excluding hydrogens is 358 g/mol. The Bertz CT molecular complexity index is 881. The van der Waals surface area contributed by atoms with Crippen LogP contribution in [0, 0.1) is 0 Å². The summed E-state index contributed by atoms with van der Waals surface area (Å²) in [5.74, 6) is 2.15. The van der Waals surface area contributed by atoms with Crippen LogP contribution in [0.2, 0.25) is 0 Å².